The van der Waals surface area contributed by atoms with Crippen LogP contribution in [-0.4, -0.2) is 41.0 Å². The Morgan fingerprint density at radius 2 is 1.76 bits per heavy atom. The second-order valence-electron chi connectivity index (χ2n) is 8.17. The zero-order valence-electron chi connectivity index (χ0n) is 19.6. The Kier molecular flexibility index (Phi) is 8.29. The third kappa shape index (κ3) is 6.71. The number of aromatic amines is 1. The number of carbonyl (C=O) groups excluding carboxylic acids is 2. The molecule has 3 aromatic rings. The maximum Gasteiger partial charge on any atom is 0.249 e. The van der Waals surface area contributed by atoms with Crippen molar-refractivity contribution in [3.05, 3.63) is 48.0 Å². The lowest BCUT2D eigenvalue weighted by Crippen LogP contribution is -2.45. The number of nitrogens with zero attached hydrogens (tertiary/aromatic N) is 1. The summed E-state index contributed by atoms with van der Waals surface area (Å²) in [5.74, 6) is 1.27. The Balaban J connectivity index is 1.68. The highest BCUT2D eigenvalue weighted by atomic mass is 16.5. The van der Waals surface area contributed by atoms with Gasteiger partial charge in [-0.15, -0.1) is 0 Å². The monoisotopic (exact) mass is 452 g/mol. The van der Waals surface area contributed by atoms with Gasteiger partial charge in [0.05, 0.1) is 30.7 Å². The molecule has 33 heavy (non-hydrogen) atoms. The van der Waals surface area contributed by atoms with Crippen LogP contribution >= 0.6 is 0 Å². The number of hydrogen-bond acceptors (Lipinski definition) is 5. The van der Waals surface area contributed by atoms with Crippen molar-refractivity contribution in [3.8, 4) is 11.5 Å². The lowest BCUT2D eigenvalue weighted by molar-refractivity contribution is -0.126. The Morgan fingerprint density at radius 1 is 1.03 bits per heavy atom. The summed E-state index contributed by atoms with van der Waals surface area (Å²) in [6, 6.07) is 12.3. The minimum absolute atomic E-state index is 0.124. The SMILES string of the molecule is CCOc1ccc(CC(=O)N[C@@H](CC(C)C)C(=O)Nc2nc3ccccc3[nH]2)cc1OCC. The molecule has 0 fully saturated rings. The molecule has 0 aliphatic rings. The molecule has 2 aromatic carbocycles. The first-order valence-electron chi connectivity index (χ1n) is 11.3. The van der Waals surface area contributed by atoms with E-state index in [1.165, 1.54) is 0 Å². The molecule has 176 valence electrons. The zero-order valence-corrected chi connectivity index (χ0v) is 19.6. The molecular weight excluding hydrogens is 420 g/mol. The van der Waals surface area contributed by atoms with Crippen molar-refractivity contribution in [3.63, 3.8) is 0 Å². The second kappa shape index (κ2) is 11.4. The van der Waals surface area contributed by atoms with Gasteiger partial charge >= 0.3 is 0 Å². The summed E-state index contributed by atoms with van der Waals surface area (Å²) < 4.78 is 11.2. The van der Waals surface area contributed by atoms with E-state index in [0.717, 1.165) is 16.6 Å². The number of nitrogens with one attached hydrogen (secondary N) is 3. The number of ether oxygens (including phenoxy) is 2. The number of hydrogen-bond donors (Lipinski definition) is 3. The van der Waals surface area contributed by atoms with E-state index in [4.69, 9.17) is 9.47 Å². The highest BCUT2D eigenvalue weighted by molar-refractivity contribution is 5.97. The largest absolute Gasteiger partial charge is 0.490 e. The summed E-state index contributed by atoms with van der Waals surface area (Å²) in [4.78, 5) is 33.2. The van der Waals surface area contributed by atoms with Crippen LogP contribution in [0.3, 0.4) is 0 Å². The van der Waals surface area contributed by atoms with Crippen molar-refractivity contribution < 1.29 is 19.1 Å². The normalized spacial score (nSPS) is 11.9. The molecule has 1 heterocycles. The molecule has 0 bridgehead atoms. The standard InChI is InChI=1S/C25H32N4O4/c1-5-32-21-12-11-17(14-22(21)33-6-2)15-23(30)26-20(13-16(3)4)24(31)29-25-27-18-9-7-8-10-19(18)28-25/h7-12,14,16,20H,5-6,13,15H2,1-4H3,(H,26,30)(H2,27,28,29,31)/t20-/m0/s1. The van der Waals surface area contributed by atoms with Crippen LogP contribution in [0.1, 0.15) is 39.7 Å². The predicted octanol–water partition coefficient (Wildman–Crippen LogP) is 4.07. The lowest BCUT2D eigenvalue weighted by atomic mass is 10.0. The van der Waals surface area contributed by atoms with Crippen molar-refractivity contribution in [2.45, 2.75) is 46.6 Å². The van der Waals surface area contributed by atoms with Crippen LogP contribution in [0.25, 0.3) is 11.0 Å². The van der Waals surface area contributed by atoms with Gasteiger partial charge in [-0.1, -0.05) is 32.0 Å². The first-order chi connectivity index (χ1) is 15.9. The van der Waals surface area contributed by atoms with Gasteiger partial charge in [0.15, 0.2) is 11.5 Å². The van der Waals surface area contributed by atoms with Gasteiger partial charge in [0.25, 0.3) is 0 Å². The fourth-order valence-corrected chi connectivity index (χ4v) is 3.55. The fourth-order valence-electron chi connectivity index (χ4n) is 3.55. The number of fused-ring (bicyclic) bond motifs is 1. The number of imidazole rings is 1. The Labute approximate surface area is 194 Å². The van der Waals surface area contributed by atoms with Crippen LogP contribution in [0.5, 0.6) is 11.5 Å². The number of H-pyrrole nitrogens is 1. The summed E-state index contributed by atoms with van der Waals surface area (Å²) in [6.07, 6.45) is 0.629. The molecule has 8 nitrogen and oxygen atoms in total. The zero-order chi connectivity index (χ0) is 23.8. The highest BCUT2D eigenvalue weighted by Crippen LogP contribution is 2.28. The van der Waals surface area contributed by atoms with Crippen LogP contribution in [0.4, 0.5) is 5.95 Å². The van der Waals surface area contributed by atoms with Crippen molar-refractivity contribution in [1.82, 2.24) is 15.3 Å². The molecule has 1 aromatic heterocycles. The quantitative estimate of drug-likeness (QED) is 0.407. The van der Waals surface area contributed by atoms with Crippen LogP contribution in [-0.2, 0) is 16.0 Å². The van der Waals surface area contributed by atoms with E-state index in [2.05, 4.69) is 20.6 Å². The third-order valence-corrected chi connectivity index (χ3v) is 4.96. The molecule has 0 aliphatic carbocycles. The Hall–Kier alpha value is -3.55. The maximum atomic E-state index is 12.9. The topological polar surface area (TPSA) is 105 Å². The fraction of sp³-hybridized carbons (Fsp3) is 0.400. The van der Waals surface area contributed by atoms with E-state index in [-0.39, 0.29) is 24.2 Å². The molecular formula is C25H32N4O4. The minimum Gasteiger partial charge on any atom is -0.490 e. The maximum absolute atomic E-state index is 12.9. The average molecular weight is 453 g/mol. The van der Waals surface area contributed by atoms with Crippen LogP contribution < -0.4 is 20.1 Å². The Morgan fingerprint density at radius 3 is 2.45 bits per heavy atom. The molecule has 8 heteroatoms. The number of para-hydroxylation sites is 2. The summed E-state index contributed by atoms with van der Waals surface area (Å²) in [7, 11) is 0. The molecule has 1 atom stereocenters. The molecule has 0 saturated carbocycles. The van der Waals surface area contributed by atoms with Gasteiger partial charge in [-0.05, 0) is 56.0 Å². The molecule has 0 unspecified atom stereocenters. The molecule has 0 saturated heterocycles. The summed E-state index contributed by atoms with van der Waals surface area (Å²) in [6.45, 7) is 8.84. The van der Waals surface area contributed by atoms with E-state index in [9.17, 15) is 9.59 Å². The van der Waals surface area contributed by atoms with Crippen LogP contribution in [0, 0.1) is 5.92 Å². The van der Waals surface area contributed by atoms with Gasteiger partial charge in [-0.25, -0.2) is 4.98 Å². The molecule has 0 radical (unpaired) electrons. The second-order valence-corrected chi connectivity index (χ2v) is 8.17. The number of anilines is 1. The van der Waals surface area contributed by atoms with E-state index >= 15 is 0 Å². The van der Waals surface area contributed by atoms with E-state index in [1.807, 2.05) is 58.0 Å². The van der Waals surface area contributed by atoms with E-state index < -0.39 is 6.04 Å². The first-order valence-corrected chi connectivity index (χ1v) is 11.3. The summed E-state index contributed by atoms with van der Waals surface area (Å²) in [5, 5.41) is 5.67. The summed E-state index contributed by atoms with van der Waals surface area (Å²) in [5.41, 5.74) is 2.37. The van der Waals surface area contributed by atoms with Crippen molar-refractivity contribution in [1.29, 1.82) is 0 Å². The third-order valence-electron chi connectivity index (χ3n) is 4.96. The average Bonchev–Trinajstić information content (AvgIpc) is 3.17. The number of rotatable bonds is 11. The highest BCUT2D eigenvalue weighted by Gasteiger charge is 2.23. The lowest BCUT2D eigenvalue weighted by Gasteiger charge is -2.20. The first kappa shape index (κ1) is 24.1. The van der Waals surface area contributed by atoms with Crippen LogP contribution in [0.2, 0.25) is 0 Å². The van der Waals surface area contributed by atoms with E-state index in [0.29, 0.717) is 37.1 Å². The van der Waals surface area contributed by atoms with Crippen LogP contribution in [0.15, 0.2) is 42.5 Å². The molecule has 2 amide bonds. The number of amides is 2. The smallest absolute Gasteiger partial charge is 0.249 e. The molecule has 3 rings (SSSR count). The molecule has 0 spiro atoms. The van der Waals surface area contributed by atoms with Crippen molar-refractivity contribution in [2.24, 2.45) is 5.92 Å². The number of aromatic nitrogens is 2. The van der Waals surface area contributed by atoms with Gasteiger partial charge in [-0.2, -0.15) is 0 Å². The van der Waals surface area contributed by atoms with Gasteiger partial charge in [0.1, 0.15) is 6.04 Å². The van der Waals surface area contributed by atoms with Gasteiger partial charge in [0.2, 0.25) is 17.8 Å². The van der Waals surface area contributed by atoms with Crippen molar-refractivity contribution in [2.75, 3.05) is 18.5 Å². The van der Waals surface area contributed by atoms with Gasteiger partial charge < -0.3 is 19.8 Å². The number of benzene rings is 2. The number of carbonyl (C=O) groups is 2. The predicted molar refractivity (Wildman–Crippen MR) is 129 cm³/mol. The minimum atomic E-state index is -0.681. The van der Waals surface area contributed by atoms with Gasteiger partial charge in [0, 0.05) is 0 Å². The van der Waals surface area contributed by atoms with Gasteiger partial charge in [-0.3, -0.25) is 14.9 Å². The molecule has 0 aliphatic heterocycles. The molecule has 3 N–H and O–H groups in total. The summed E-state index contributed by atoms with van der Waals surface area (Å²) >= 11 is 0. The Bertz CT molecular complexity index is 1060. The van der Waals surface area contributed by atoms with Crippen molar-refractivity contribution >= 4 is 28.8 Å². The van der Waals surface area contributed by atoms with E-state index in [1.54, 1.807) is 12.1 Å².